The van der Waals surface area contributed by atoms with Gasteiger partial charge in [0.2, 0.25) is 0 Å². The predicted molar refractivity (Wildman–Crippen MR) is 101 cm³/mol. The first-order valence-electron chi connectivity index (χ1n) is 7.96. The molecule has 1 amide bonds. The fraction of sp³-hybridized carbons (Fsp3) is 0.133. The fourth-order valence-electron chi connectivity index (χ4n) is 2.80. The van der Waals surface area contributed by atoms with Crippen LogP contribution in [-0.2, 0) is 25.4 Å². The molecule has 2 aromatic rings. The Labute approximate surface area is 170 Å². The van der Waals surface area contributed by atoms with Crippen molar-refractivity contribution in [2.75, 3.05) is 12.4 Å². The molecule has 1 saturated heterocycles. The van der Waals surface area contributed by atoms with Gasteiger partial charge in [-0.15, -0.1) is 0 Å². The van der Waals surface area contributed by atoms with Crippen LogP contribution in [0.15, 0.2) is 59.5 Å². The Morgan fingerprint density at radius 2 is 1.80 bits per heavy atom. The first-order valence-corrected chi connectivity index (χ1v) is 9.40. The Kier molecular flexibility index (Phi) is 6.68. The van der Waals surface area contributed by atoms with E-state index < -0.39 is 37.2 Å². The molecule has 6 N–H and O–H groups in total. The van der Waals surface area contributed by atoms with E-state index in [2.05, 4.69) is 16.3 Å². The van der Waals surface area contributed by atoms with Crippen LogP contribution in [-0.4, -0.2) is 46.9 Å². The third kappa shape index (κ3) is 4.07. The number of rotatable bonds is 6. The van der Waals surface area contributed by atoms with Crippen molar-refractivity contribution in [1.82, 2.24) is 21.4 Å². The van der Waals surface area contributed by atoms with Gasteiger partial charge < -0.3 is 10.8 Å². The molecule has 3 rings (SSSR count). The van der Waals surface area contributed by atoms with Crippen molar-refractivity contribution in [3.05, 3.63) is 70.3 Å². The van der Waals surface area contributed by atoms with Gasteiger partial charge in [-0.3, -0.25) is 14.2 Å². The van der Waals surface area contributed by atoms with Crippen LogP contribution in [0.1, 0.15) is 5.56 Å². The summed E-state index contributed by atoms with van der Waals surface area (Å²) in [7, 11) is -3.69. The molecule has 0 bridgehead atoms. The molecule has 2 aromatic carbocycles. The molecule has 1 aliphatic rings. The average Bonchev–Trinajstić information content (AvgIpc) is 3.09. The maximum atomic E-state index is 13.3. The summed E-state index contributed by atoms with van der Waals surface area (Å²) in [6.07, 6.45) is 0. The second-order valence-electron chi connectivity index (χ2n) is 5.74. The molecule has 1 fully saturated rings. The second-order valence-corrected chi connectivity index (χ2v) is 7.13. The molecule has 0 radical (unpaired) electrons. The number of hydrazine groups is 4. The Morgan fingerprint density at radius 1 is 1.20 bits per heavy atom. The van der Waals surface area contributed by atoms with Gasteiger partial charge >= 0.3 is 0 Å². The van der Waals surface area contributed by atoms with Gasteiger partial charge in [0.15, 0.2) is 5.03 Å². The number of nitrogens with one attached hydrogen (secondary N) is 3. The third-order valence-corrected chi connectivity index (χ3v) is 4.94. The van der Waals surface area contributed by atoms with Crippen LogP contribution in [0.25, 0.3) is 0 Å². The molecule has 15 heteroatoms. The number of amides is 1. The summed E-state index contributed by atoms with van der Waals surface area (Å²) in [5.74, 6) is -1.02. The highest BCUT2D eigenvalue weighted by molar-refractivity contribution is 7.85. The molecule has 0 spiro atoms. The third-order valence-electron chi connectivity index (χ3n) is 4.03. The van der Waals surface area contributed by atoms with Crippen LogP contribution < -0.4 is 16.3 Å². The van der Waals surface area contributed by atoms with Crippen molar-refractivity contribution in [3.63, 3.8) is 0 Å². The topological polar surface area (TPSA) is 198 Å². The number of benzene rings is 2. The summed E-state index contributed by atoms with van der Waals surface area (Å²) in [6, 6.07) is 12.8. The quantitative estimate of drug-likeness (QED) is 0.248. The molecule has 0 aliphatic carbocycles. The van der Waals surface area contributed by atoms with Crippen molar-refractivity contribution in [2.45, 2.75) is 10.6 Å². The molecule has 30 heavy (non-hydrogen) atoms. The normalized spacial score (nSPS) is 19.2. The number of nitrogens with zero attached hydrogens (tertiary/aromatic N) is 3. The summed E-state index contributed by atoms with van der Waals surface area (Å²) in [4.78, 5) is 29.2. The first-order chi connectivity index (χ1) is 13.7. The number of carbonyl (C=O) groups excluding carboxylic acids is 1. The lowest BCUT2D eigenvalue weighted by Gasteiger charge is -2.29. The highest BCUT2D eigenvalue weighted by Gasteiger charge is 2.61. The maximum absolute atomic E-state index is 13.3. The summed E-state index contributed by atoms with van der Waals surface area (Å²) in [5.41, 5.74) is 2.02. The number of hydrogen-bond donors (Lipinski definition) is 4. The minimum Gasteiger partial charge on any atom is -0.412 e. The lowest BCUT2D eigenvalue weighted by molar-refractivity contribution is -0.687. The van der Waals surface area contributed by atoms with E-state index in [9.17, 15) is 27.9 Å². The molecule has 14 nitrogen and oxygen atoms in total. The molecule has 1 unspecified atom stereocenters. The standard InChI is InChI=1S/C15H16N6O7S.H2O/c1-28-20-17-15(19(18-20)21(23)24,14(22)16-11-7-3-2-4-8-11)12-9-5-6-10-13(12)29(25,26)27;/h2-10,17-18H,1H3,(H,16,22)(H,25,26,27);1H2. The van der Waals surface area contributed by atoms with E-state index in [1.807, 2.05) is 0 Å². The Morgan fingerprint density at radius 3 is 2.37 bits per heavy atom. The number of para-hydroxylation sites is 1. The Balaban J connectivity index is 0.00000320. The van der Waals surface area contributed by atoms with Gasteiger partial charge in [-0.05, 0) is 28.6 Å². The Bertz CT molecular complexity index is 1040. The largest absolute Gasteiger partial charge is 0.412 e. The van der Waals surface area contributed by atoms with Gasteiger partial charge in [0.05, 0.1) is 7.11 Å². The zero-order valence-corrected chi connectivity index (χ0v) is 16.2. The summed E-state index contributed by atoms with van der Waals surface area (Å²) in [5, 5.41) is 14.1. The van der Waals surface area contributed by atoms with Crippen molar-refractivity contribution in [3.8, 4) is 0 Å². The molecular formula is C15H18N6O8S. The van der Waals surface area contributed by atoms with Crippen LogP contribution in [0.3, 0.4) is 0 Å². The van der Waals surface area contributed by atoms with Crippen molar-refractivity contribution in [2.24, 2.45) is 0 Å². The predicted octanol–water partition coefficient (Wildman–Crippen LogP) is -0.805. The fourth-order valence-corrected chi connectivity index (χ4v) is 3.55. The summed E-state index contributed by atoms with van der Waals surface area (Å²) >= 11 is 0. The molecule has 0 saturated carbocycles. The van der Waals surface area contributed by atoms with Gasteiger partial charge in [0, 0.05) is 11.3 Å². The minimum absolute atomic E-state index is 0. The van der Waals surface area contributed by atoms with Gasteiger partial charge in [-0.1, -0.05) is 41.9 Å². The van der Waals surface area contributed by atoms with Gasteiger partial charge in [-0.25, -0.2) is 10.1 Å². The number of nitro groups is 1. The van der Waals surface area contributed by atoms with E-state index in [4.69, 9.17) is 4.84 Å². The number of carbonyl (C=O) groups is 1. The van der Waals surface area contributed by atoms with Crippen molar-refractivity contribution >= 4 is 21.7 Å². The SMILES string of the molecule is CON1NN([N+](=O)[O-])C(C(=O)Nc2ccccc2)(c2ccccc2S(=O)(=O)O)N1.O. The van der Waals surface area contributed by atoms with E-state index >= 15 is 0 Å². The lowest BCUT2D eigenvalue weighted by atomic mass is 9.98. The molecule has 1 atom stereocenters. The van der Waals surface area contributed by atoms with Crippen LogP contribution in [0.4, 0.5) is 5.69 Å². The van der Waals surface area contributed by atoms with Crippen LogP contribution >= 0.6 is 0 Å². The lowest BCUT2D eigenvalue weighted by Crippen LogP contribution is -2.61. The van der Waals surface area contributed by atoms with Gasteiger partial charge in [0.1, 0.15) is 4.90 Å². The smallest absolute Gasteiger partial charge is 0.294 e. The van der Waals surface area contributed by atoms with E-state index in [0.717, 1.165) is 19.2 Å². The zero-order chi connectivity index (χ0) is 21.2. The van der Waals surface area contributed by atoms with Gasteiger partial charge in [-0.2, -0.15) is 13.8 Å². The zero-order valence-electron chi connectivity index (χ0n) is 15.3. The average molecular weight is 442 g/mol. The van der Waals surface area contributed by atoms with Crippen LogP contribution in [0.2, 0.25) is 0 Å². The molecule has 1 heterocycles. The molecule has 0 aromatic heterocycles. The Hall–Kier alpha value is -3.18. The van der Waals surface area contributed by atoms with Crippen LogP contribution in [0.5, 0.6) is 0 Å². The maximum Gasteiger partial charge on any atom is 0.294 e. The number of hydrogen-bond acceptors (Lipinski definition) is 9. The highest BCUT2D eigenvalue weighted by Crippen LogP contribution is 2.34. The summed E-state index contributed by atoms with van der Waals surface area (Å²) < 4.78 is 33.4. The summed E-state index contributed by atoms with van der Waals surface area (Å²) in [6.45, 7) is 0. The first kappa shape index (κ1) is 23.1. The molecular weight excluding hydrogens is 424 g/mol. The van der Waals surface area contributed by atoms with E-state index in [-0.39, 0.29) is 10.6 Å². The van der Waals surface area contributed by atoms with Gasteiger partial charge in [0.25, 0.3) is 21.7 Å². The second kappa shape index (κ2) is 8.67. The monoisotopic (exact) mass is 442 g/mol. The van der Waals surface area contributed by atoms with Crippen LogP contribution in [0, 0.1) is 10.1 Å². The minimum atomic E-state index is -4.85. The van der Waals surface area contributed by atoms with E-state index in [0.29, 0.717) is 11.0 Å². The van der Waals surface area contributed by atoms with Crippen molar-refractivity contribution < 1.29 is 33.1 Å². The van der Waals surface area contributed by atoms with E-state index in [1.54, 1.807) is 18.2 Å². The highest BCUT2D eigenvalue weighted by atomic mass is 32.2. The molecule has 1 aliphatic heterocycles. The van der Waals surface area contributed by atoms with Crippen molar-refractivity contribution in [1.29, 1.82) is 0 Å². The van der Waals surface area contributed by atoms with E-state index in [1.165, 1.54) is 24.3 Å². The number of anilines is 1. The molecule has 162 valence electrons.